The maximum atomic E-state index is 4.36. The summed E-state index contributed by atoms with van der Waals surface area (Å²) in [7, 11) is 0. The third kappa shape index (κ3) is 3.12. The Labute approximate surface area is 117 Å². The molecule has 0 aromatic heterocycles. The second-order valence-electron chi connectivity index (χ2n) is 4.36. The SMILES string of the molecule is c1ccc(CC2=NN=C(c3ccccc3)CS2)cc1. The molecule has 3 heteroatoms. The number of nitrogens with zero attached hydrogens (tertiary/aromatic N) is 2. The molecule has 94 valence electrons. The molecule has 1 aliphatic heterocycles. The third-order valence-electron chi connectivity index (χ3n) is 2.96. The van der Waals surface area contributed by atoms with Crippen molar-refractivity contribution in [2.75, 3.05) is 5.75 Å². The summed E-state index contributed by atoms with van der Waals surface area (Å²) in [6, 6.07) is 20.6. The van der Waals surface area contributed by atoms with E-state index in [9.17, 15) is 0 Å². The normalized spacial score (nSPS) is 14.7. The molecule has 19 heavy (non-hydrogen) atoms. The van der Waals surface area contributed by atoms with Gasteiger partial charge in [-0.05, 0) is 11.1 Å². The van der Waals surface area contributed by atoms with E-state index in [1.165, 1.54) is 5.56 Å². The Morgan fingerprint density at radius 2 is 1.53 bits per heavy atom. The van der Waals surface area contributed by atoms with Gasteiger partial charge >= 0.3 is 0 Å². The van der Waals surface area contributed by atoms with Crippen molar-refractivity contribution < 1.29 is 0 Å². The van der Waals surface area contributed by atoms with Crippen molar-refractivity contribution in [1.82, 2.24) is 0 Å². The van der Waals surface area contributed by atoms with E-state index >= 15 is 0 Å². The average Bonchev–Trinajstić information content (AvgIpc) is 2.50. The molecule has 0 N–H and O–H groups in total. The van der Waals surface area contributed by atoms with Gasteiger partial charge in [-0.3, -0.25) is 0 Å². The van der Waals surface area contributed by atoms with E-state index in [2.05, 4.69) is 46.6 Å². The summed E-state index contributed by atoms with van der Waals surface area (Å²) < 4.78 is 0. The summed E-state index contributed by atoms with van der Waals surface area (Å²) in [5.41, 5.74) is 3.51. The smallest absolute Gasteiger partial charge is 0.101 e. The fourth-order valence-corrected chi connectivity index (χ4v) is 2.85. The fourth-order valence-electron chi connectivity index (χ4n) is 1.95. The van der Waals surface area contributed by atoms with Gasteiger partial charge in [0.25, 0.3) is 0 Å². The van der Waals surface area contributed by atoms with Crippen LogP contribution in [0.2, 0.25) is 0 Å². The molecule has 2 aromatic carbocycles. The zero-order chi connectivity index (χ0) is 12.9. The Balaban J connectivity index is 1.74. The lowest BCUT2D eigenvalue weighted by molar-refractivity contribution is 1.20. The Bertz CT molecular complexity index is 603. The van der Waals surface area contributed by atoms with Crippen molar-refractivity contribution in [3.8, 4) is 0 Å². The highest BCUT2D eigenvalue weighted by Crippen LogP contribution is 2.18. The van der Waals surface area contributed by atoms with Crippen LogP contribution >= 0.6 is 11.8 Å². The van der Waals surface area contributed by atoms with Gasteiger partial charge in [-0.25, -0.2) is 0 Å². The minimum atomic E-state index is 0.872. The molecule has 0 saturated carbocycles. The fraction of sp³-hybridized carbons (Fsp3) is 0.125. The van der Waals surface area contributed by atoms with E-state index in [1.54, 1.807) is 11.8 Å². The van der Waals surface area contributed by atoms with Crippen LogP contribution in [0.25, 0.3) is 0 Å². The van der Waals surface area contributed by atoms with E-state index < -0.39 is 0 Å². The van der Waals surface area contributed by atoms with Crippen LogP contribution in [0.4, 0.5) is 0 Å². The summed E-state index contributed by atoms with van der Waals surface area (Å²) in [5.74, 6) is 0.898. The maximum Gasteiger partial charge on any atom is 0.101 e. The number of rotatable bonds is 3. The summed E-state index contributed by atoms with van der Waals surface area (Å²) in [6.45, 7) is 0. The first-order valence-electron chi connectivity index (χ1n) is 6.27. The number of benzene rings is 2. The largest absolute Gasteiger partial charge is 0.153 e. The van der Waals surface area contributed by atoms with E-state index in [-0.39, 0.29) is 0 Å². The predicted molar refractivity (Wildman–Crippen MR) is 83.0 cm³/mol. The molecule has 1 heterocycles. The van der Waals surface area contributed by atoms with Crippen LogP contribution in [0.1, 0.15) is 11.1 Å². The minimum Gasteiger partial charge on any atom is -0.153 e. The first kappa shape index (κ1) is 12.2. The Morgan fingerprint density at radius 3 is 2.16 bits per heavy atom. The second-order valence-corrected chi connectivity index (χ2v) is 5.41. The number of hydrogen-bond acceptors (Lipinski definition) is 3. The van der Waals surface area contributed by atoms with Crippen molar-refractivity contribution >= 4 is 22.5 Å². The average molecular weight is 266 g/mol. The summed E-state index contributed by atoms with van der Waals surface area (Å²) in [4.78, 5) is 0. The maximum absolute atomic E-state index is 4.36. The zero-order valence-electron chi connectivity index (χ0n) is 10.5. The number of hydrogen-bond donors (Lipinski definition) is 0. The van der Waals surface area contributed by atoms with Gasteiger partial charge < -0.3 is 0 Å². The Morgan fingerprint density at radius 1 is 0.842 bits per heavy atom. The molecule has 3 rings (SSSR count). The molecule has 0 saturated heterocycles. The lowest BCUT2D eigenvalue weighted by Gasteiger charge is -2.12. The molecule has 0 amide bonds. The number of thioether (sulfide) groups is 1. The molecular weight excluding hydrogens is 252 g/mol. The summed E-state index contributed by atoms with van der Waals surface area (Å²) in [5, 5.41) is 9.80. The quantitative estimate of drug-likeness (QED) is 0.829. The topological polar surface area (TPSA) is 24.7 Å². The highest BCUT2D eigenvalue weighted by Gasteiger charge is 2.12. The molecule has 0 bridgehead atoms. The molecule has 2 aromatic rings. The van der Waals surface area contributed by atoms with Crippen LogP contribution in [-0.4, -0.2) is 16.5 Å². The molecule has 0 spiro atoms. The molecule has 0 aliphatic carbocycles. The van der Waals surface area contributed by atoms with Crippen LogP contribution in [0.15, 0.2) is 70.9 Å². The van der Waals surface area contributed by atoms with Gasteiger partial charge in [0.15, 0.2) is 0 Å². The Kier molecular flexibility index (Phi) is 3.75. The minimum absolute atomic E-state index is 0.872. The first-order chi connectivity index (χ1) is 9.42. The van der Waals surface area contributed by atoms with Gasteiger partial charge in [0.05, 0.1) is 5.71 Å². The molecular formula is C16H14N2S. The zero-order valence-corrected chi connectivity index (χ0v) is 11.3. The van der Waals surface area contributed by atoms with Crippen molar-refractivity contribution in [2.45, 2.75) is 6.42 Å². The van der Waals surface area contributed by atoms with Crippen molar-refractivity contribution in [3.63, 3.8) is 0 Å². The van der Waals surface area contributed by atoms with Gasteiger partial charge in [-0.2, -0.15) is 5.10 Å². The Hall–Kier alpha value is -1.87. The molecule has 0 atom stereocenters. The lowest BCUT2D eigenvalue weighted by Crippen LogP contribution is -2.12. The van der Waals surface area contributed by atoms with E-state index in [1.807, 2.05) is 24.3 Å². The monoisotopic (exact) mass is 266 g/mol. The van der Waals surface area contributed by atoms with Crippen molar-refractivity contribution in [1.29, 1.82) is 0 Å². The van der Waals surface area contributed by atoms with Crippen LogP contribution < -0.4 is 0 Å². The lowest BCUT2D eigenvalue weighted by atomic mass is 10.1. The van der Waals surface area contributed by atoms with E-state index in [4.69, 9.17) is 0 Å². The molecule has 0 radical (unpaired) electrons. The van der Waals surface area contributed by atoms with Crippen LogP contribution in [-0.2, 0) is 6.42 Å². The predicted octanol–water partition coefficient (Wildman–Crippen LogP) is 3.78. The summed E-state index contributed by atoms with van der Waals surface area (Å²) >= 11 is 1.78. The molecule has 2 nitrogen and oxygen atoms in total. The molecule has 0 fully saturated rings. The van der Waals surface area contributed by atoms with E-state index in [0.717, 1.165) is 28.5 Å². The van der Waals surface area contributed by atoms with E-state index in [0.29, 0.717) is 0 Å². The van der Waals surface area contributed by atoms with Crippen molar-refractivity contribution in [2.24, 2.45) is 10.2 Å². The van der Waals surface area contributed by atoms with Crippen molar-refractivity contribution in [3.05, 3.63) is 71.8 Å². The highest BCUT2D eigenvalue weighted by molar-refractivity contribution is 8.14. The van der Waals surface area contributed by atoms with Crippen LogP contribution in [0.3, 0.4) is 0 Å². The highest BCUT2D eigenvalue weighted by atomic mass is 32.2. The van der Waals surface area contributed by atoms with Crippen LogP contribution in [0, 0.1) is 0 Å². The first-order valence-corrected chi connectivity index (χ1v) is 7.26. The molecule has 0 unspecified atom stereocenters. The van der Waals surface area contributed by atoms with Crippen LogP contribution in [0.5, 0.6) is 0 Å². The van der Waals surface area contributed by atoms with Gasteiger partial charge in [-0.1, -0.05) is 60.7 Å². The van der Waals surface area contributed by atoms with Gasteiger partial charge in [-0.15, -0.1) is 16.9 Å². The molecule has 1 aliphatic rings. The standard InChI is InChI=1S/C16H14N2S/c1-3-7-13(8-4-1)11-16-18-17-15(12-19-16)14-9-5-2-6-10-14/h1-10H,11-12H2. The third-order valence-corrected chi connectivity index (χ3v) is 3.94. The van der Waals surface area contributed by atoms with Gasteiger partial charge in [0.2, 0.25) is 0 Å². The summed E-state index contributed by atoms with van der Waals surface area (Å²) in [6.07, 6.45) is 0.872. The van der Waals surface area contributed by atoms with Gasteiger partial charge in [0, 0.05) is 12.2 Å². The second kappa shape index (κ2) is 5.85. The van der Waals surface area contributed by atoms with Gasteiger partial charge in [0.1, 0.15) is 5.04 Å².